The largest absolute Gasteiger partial charge is 0.492 e. The van der Waals surface area contributed by atoms with Gasteiger partial charge < -0.3 is 9.64 Å². The van der Waals surface area contributed by atoms with E-state index in [4.69, 9.17) is 4.74 Å². The van der Waals surface area contributed by atoms with E-state index in [0.717, 1.165) is 5.69 Å². The van der Waals surface area contributed by atoms with Gasteiger partial charge in [0.05, 0.1) is 29.8 Å². The first-order valence-electron chi connectivity index (χ1n) is 8.33. The van der Waals surface area contributed by atoms with Crippen LogP contribution in [0.5, 0.6) is 5.75 Å². The molecule has 25 heavy (non-hydrogen) atoms. The van der Waals surface area contributed by atoms with Crippen molar-refractivity contribution in [2.75, 3.05) is 23.0 Å². The zero-order valence-electron chi connectivity index (χ0n) is 14.5. The lowest BCUT2D eigenvalue weighted by Gasteiger charge is -2.26. The van der Waals surface area contributed by atoms with Crippen LogP contribution in [0.15, 0.2) is 29.3 Å². The fourth-order valence-corrected chi connectivity index (χ4v) is 6.92. The second-order valence-corrected chi connectivity index (χ2v) is 9.82. The van der Waals surface area contributed by atoms with Gasteiger partial charge in [-0.25, -0.2) is 8.42 Å². The van der Waals surface area contributed by atoms with Crippen LogP contribution < -0.4 is 9.64 Å². The molecule has 0 aromatic heterocycles. The Bertz CT molecular complexity index is 805. The maximum atomic E-state index is 12.2. The number of amides is 1. The lowest BCUT2D eigenvalue weighted by molar-refractivity contribution is -0.120. The van der Waals surface area contributed by atoms with Gasteiger partial charge >= 0.3 is 0 Å². The highest BCUT2D eigenvalue weighted by Crippen LogP contribution is 2.43. The van der Waals surface area contributed by atoms with E-state index < -0.39 is 9.84 Å². The quantitative estimate of drug-likeness (QED) is 0.796. The third kappa shape index (κ3) is 3.69. The molecule has 3 rings (SSSR count). The van der Waals surface area contributed by atoms with Gasteiger partial charge in [0.15, 0.2) is 15.0 Å². The van der Waals surface area contributed by atoms with Crippen molar-refractivity contribution >= 4 is 38.4 Å². The van der Waals surface area contributed by atoms with Crippen LogP contribution in [0.3, 0.4) is 0 Å². The molecule has 6 nitrogen and oxygen atoms in total. The van der Waals surface area contributed by atoms with Crippen LogP contribution in [-0.2, 0) is 14.6 Å². The average Bonchev–Trinajstić information content (AvgIpc) is 2.99. The van der Waals surface area contributed by atoms with Crippen LogP contribution in [0.4, 0.5) is 5.69 Å². The number of hydrogen-bond donors (Lipinski definition) is 0. The normalized spacial score (nSPS) is 26.2. The fraction of sp³-hybridized carbons (Fsp3) is 0.529. The Balaban J connectivity index is 2.05. The summed E-state index contributed by atoms with van der Waals surface area (Å²) in [4.78, 5) is 18.3. The number of aliphatic imine (C=N–C) groups is 1. The Kier molecular flexibility index (Phi) is 5.11. The Hall–Kier alpha value is -1.54. The third-order valence-corrected chi connectivity index (χ3v) is 7.40. The van der Waals surface area contributed by atoms with E-state index >= 15 is 0 Å². The highest BCUT2D eigenvalue weighted by molar-refractivity contribution is 8.16. The van der Waals surface area contributed by atoms with Gasteiger partial charge in [-0.3, -0.25) is 4.79 Å². The number of fused-ring (bicyclic) bond motifs is 1. The van der Waals surface area contributed by atoms with Gasteiger partial charge in [-0.1, -0.05) is 37.7 Å². The van der Waals surface area contributed by atoms with E-state index in [-0.39, 0.29) is 34.6 Å². The molecule has 2 saturated heterocycles. The van der Waals surface area contributed by atoms with E-state index in [1.54, 1.807) is 13.8 Å². The van der Waals surface area contributed by atoms with Crippen LogP contribution >= 0.6 is 11.8 Å². The third-order valence-electron chi connectivity index (χ3n) is 4.19. The number of rotatable bonds is 4. The van der Waals surface area contributed by atoms with Crippen LogP contribution in [-0.4, -0.2) is 48.9 Å². The molecule has 2 aliphatic rings. The Labute approximate surface area is 152 Å². The van der Waals surface area contributed by atoms with E-state index in [1.807, 2.05) is 36.1 Å². The molecule has 2 unspecified atom stereocenters. The molecule has 0 saturated carbocycles. The van der Waals surface area contributed by atoms with Gasteiger partial charge in [-0.15, -0.1) is 0 Å². The average molecular weight is 383 g/mol. The molecule has 8 heteroatoms. The standard InChI is InChI=1S/C17H22N2O4S2/c1-4-23-14-8-6-5-7-12(14)19-13-9-25(21,22)10-15(13)24-17(19)18-16(20)11(2)3/h5-8,11,13,15H,4,9-10H2,1-3H3. The summed E-state index contributed by atoms with van der Waals surface area (Å²) in [6.07, 6.45) is 0. The number of benzene rings is 1. The summed E-state index contributed by atoms with van der Waals surface area (Å²) in [7, 11) is -3.08. The van der Waals surface area contributed by atoms with E-state index in [2.05, 4.69) is 4.99 Å². The lowest BCUT2D eigenvalue weighted by Crippen LogP contribution is -2.38. The number of carbonyl (C=O) groups is 1. The van der Waals surface area contributed by atoms with Gasteiger partial charge in [0, 0.05) is 11.2 Å². The first-order valence-corrected chi connectivity index (χ1v) is 11.0. The van der Waals surface area contributed by atoms with Crippen LogP contribution in [0.25, 0.3) is 0 Å². The molecule has 0 radical (unpaired) electrons. The minimum Gasteiger partial charge on any atom is -0.492 e. The number of para-hydroxylation sites is 2. The summed E-state index contributed by atoms with van der Waals surface area (Å²) >= 11 is 1.38. The number of amidine groups is 1. The Morgan fingerprint density at radius 1 is 1.36 bits per heavy atom. The zero-order valence-corrected chi connectivity index (χ0v) is 16.1. The molecule has 1 aromatic rings. The van der Waals surface area contributed by atoms with E-state index in [9.17, 15) is 13.2 Å². The summed E-state index contributed by atoms with van der Waals surface area (Å²) < 4.78 is 29.9. The molecule has 1 amide bonds. The zero-order chi connectivity index (χ0) is 18.2. The number of hydrogen-bond acceptors (Lipinski definition) is 5. The van der Waals surface area contributed by atoms with Gasteiger partial charge in [-0.2, -0.15) is 4.99 Å². The first kappa shape index (κ1) is 18.3. The number of thioether (sulfide) groups is 1. The minimum absolute atomic E-state index is 0.0695. The van der Waals surface area contributed by atoms with Gasteiger partial charge in [0.25, 0.3) is 5.91 Å². The Morgan fingerprint density at radius 2 is 2.08 bits per heavy atom. The highest BCUT2D eigenvalue weighted by Gasteiger charge is 2.50. The molecule has 136 valence electrons. The second kappa shape index (κ2) is 6.99. The van der Waals surface area contributed by atoms with Crippen LogP contribution in [0.1, 0.15) is 20.8 Å². The molecule has 2 aliphatic heterocycles. The molecule has 0 aliphatic carbocycles. The van der Waals surface area contributed by atoms with E-state index in [0.29, 0.717) is 17.5 Å². The maximum absolute atomic E-state index is 12.2. The predicted molar refractivity (Wildman–Crippen MR) is 101 cm³/mol. The summed E-state index contributed by atoms with van der Waals surface area (Å²) in [5.41, 5.74) is 0.761. The molecule has 2 fully saturated rings. The number of carbonyl (C=O) groups excluding carboxylic acids is 1. The van der Waals surface area contributed by atoms with E-state index in [1.165, 1.54) is 11.8 Å². The van der Waals surface area contributed by atoms with Gasteiger partial charge in [0.2, 0.25) is 0 Å². The summed E-state index contributed by atoms with van der Waals surface area (Å²) in [5.74, 6) is 0.440. The topological polar surface area (TPSA) is 76.0 Å². The molecule has 1 aromatic carbocycles. The monoisotopic (exact) mass is 382 g/mol. The molecule has 0 bridgehead atoms. The molecule has 0 spiro atoms. The minimum atomic E-state index is -3.08. The summed E-state index contributed by atoms with van der Waals surface area (Å²) in [5, 5.41) is 0.453. The van der Waals surface area contributed by atoms with Crippen molar-refractivity contribution in [1.82, 2.24) is 0 Å². The van der Waals surface area contributed by atoms with Crippen molar-refractivity contribution < 1.29 is 17.9 Å². The van der Waals surface area contributed by atoms with Crippen LogP contribution in [0.2, 0.25) is 0 Å². The number of anilines is 1. The van der Waals surface area contributed by atoms with Crippen molar-refractivity contribution in [2.45, 2.75) is 32.1 Å². The van der Waals surface area contributed by atoms with Crippen LogP contribution in [0, 0.1) is 5.92 Å². The van der Waals surface area contributed by atoms with Crippen molar-refractivity contribution in [3.63, 3.8) is 0 Å². The SMILES string of the molecule is CCOc1ccccc1N1C(=NC(=O)C(C)C)SC2CS(=O)(=O)CC21. The highest BCUT2D eigenvalue weighted by atomic mass is 32.2. The van der Waals surface area contributed by atoms with Crippen molar-refractivity contribution in [3.05, 3.63) is 24.3 Å². The van der Waals surface area contributed by atoms with Crippen molar-refractivity contribution in [2.24, 2.45) is 10.9 Å². The first-order chi connectivity index (χ1) is 11.8. The molecule has 2 heterocycles. The molecule has 0 N–H and O–H groups in total. The fourth-order valence-electron chi connectivity index (χ4n) is 3.00. The van der Waals surface area contributed by atoms with Crippen molar-refractivity contribution in [3.8, 4) is 5.75 Å². The number of sulfone groups is 1. The van der Waals surface area contributed by atoms with Gasteiger partial charge in [-0.05, 0) is 19.1 Å². The Morgan fingerprint density at radius 3 is 2.76 bits per heavy atom. The number of ether oxygens (including phenoxy) is 1. The molecular formula is C17H22N2O4S2. The maximum Gasteiger partial charge on any atom is 0.250 e. The van der Waals surface area contributed by atoms with Gasteiger partial charge in [0.1, 0.15) is 5.75 Å². The summed E-state index contributed by atoms with van der Waals surface area (Å²) in [6.45, 7) is 6.00. The predicted octanol–water partition coefficient (Wildman–Crippen LogP) is 2.34. The van der Waals surface area contributed by atoms with Crippen molar-refractivity contribution in [1.29, 1.82) is 0 Å². The smallest absolute Gasteiger partial charge is 0.250 e. The summed E-state index contributed by atoms with van der Waals surface area (Å²) in [6, 6.07) is 7.25. The lowest BCUT2D eigenvalue weighted by atomic mass is 10.2. The second-order valence-electron chi connectivity index (χ2n) is 6.46. The molecule has 2 atom stereocenters. The number of nitrogens with zero attached hydrogens (tertiary/aromatic N) is 2. The molecular weight excluding hydrogens is 360 g/mol.